The van der Waals surface area contributed by atoms with E-state index < -0.39 is 0 Å². The molecule has 3 atom stereocenters. The molecule has 1 aromatic rings. The molecule has 2 aliphatic rings. The van der Waals surface area contributed by atoms with Gasteiger partial charge in [-0.25, -0.2) is 0 Å². The first-order valence-electron chi connectivity index (χ1n) is 9.35. The number of carbonyl (C=O) groups excluding carboxylic acids is 1. The number of quaternary nitrogens is 1. The molecule has 4 nitrogen and oxygen atoms in total. The van der Waals surface area contributed by atoms with Crippen molar-refractivity contribution in [2.45, 2.75) is 39.2 Å². The van der Waals surface area contributed by atoms with E-state index in [1.165, 1.54) is 19.5 Å². The summed E-state index contributed by atoms with van der Waals surface area (Å²) < 4.78 is 5.35. The number of carbonyl (C=O) groups is 1. The maximum absolute atomic E-state index is 12.8. The van der Waals surface area contributed by atoms with Crippen LogP contribution in [0.4, 0.5) is 0 Å². The third kappa shape index (κ3) is 3.75. The van der Waals surface area contributed by atoms with Crippen molar-refractivity contribution in [3.63, 3.8) is 0 Å². The summed E-state index contributed by atoms with van der Waals surface area (Å²) in [5, 5.41) is 0. The molecule has 0 aromatic heterocycles. The Hall–Kier alpha value is -1.55. The molecule has 0 aliphatic carbocycles. The van der Waals surface area contributed by atoms with Crippen molar-refractivity contribution in [3.8, 4) is 5.75 Å². The fraction of sp³-hybridized carbons (Fsp3) is 0.650. The van der Waals surface area contributed by atoms with Gasteiger partial charge in [0.1, 0.15) is 5.75 Å². The number of para-hydroxylation sites is 1. The molecular weight excluding hydrogens is 300 g/mol. The van der Waals surface area contributed by atoms with Gasteiger partial charge in [-0.2, -0.15) is 0 Å². The van der Waals surface area contributed by atoms with E-state index in [4.69, 9.17) is 4.74 Å². The van der Waals surface area contributed by atoms with Crippen LogP contribution in [0.5, 0.6) is 5.75 Å². The van der Waals surface area contributed by atoms with Crippen molar-refractivity contribution in [2.75, 3.05) is 33.3 Å². The highest BCUT2D eigenvalue weighted by Gasteiger charge is 2.34. The van der Waals surface area contributed by atoms with Gasteiger partial charge in [-0.05, 0) is 18.6 Å². The minimum Gasteiger partial charge on any atom is -0.496 e. The molecule has 2 saturated heterocycles. The normalized spacial score (nSPS) is 28.6. The van der Waals surface area contributed by atoms with Crippen molar-refractivity contribution in [1.29, 1.82) is 0 Å². The maximum atomic E-state index is 12.8. The summed E-state index contributed by atoms with van der Waals surface area (Å²) in [6.45, 7) is 9.11. The van der Waals surface area contributed by atoms with Crippen LogP contribution >= 0.6 is 0 Å². The van der Waals surface area contributed by atoms with Crippen LogP contribution in [0.2, 0.25) is 0 Å². The lowest BCUT2D eigenvalue weighted by Gasteiger charge is -2.41. The molecule has 0 saturated carbocycles. The Morgan fingerprint density at radius 1 is 1.12 bits per heavy atom. The molecule has 24 heavy (non-hydrogen) atoms. The fourth-order valence-electron chi connectivity index (χ4n) is 4.65. The zero-order chi connectivity index (χ0) is 17.1. The average Bonchev–Trinajstić information content (AvgIpc) is 2.60. The number of nitrogens with zero attached hydrogens (tertiary/aromatic N) is 1. The van der Waals surface area contributed by atoms with E-state index in [9.17, 15) is 4.79 Å². The number of ether oxygens (including phenoxy) is 1. The van der Waals surface area contributed by atoms with Gasteiger partial charge in [-0.1, -0.05) is 26.0 Å². The van der Waals surface area contributed by atoms with Crippen LogP contribution in [0.1, 0.15) is 43.5 Å². The Morgan fingerprint density at radius 3 is 2.38 bits per heavy atom. The van der Waals surface area contributed by atoms with Gasteiger partial charge in [0.05, 0.1) is 31.8 Å². The summed E-state index contributed by atoms with van der Waals surface area (Å²) in [5.74, 6) is 2.45. The Morgan fingerprint density at radius 2 is 1.75 bits per heavy atom. The molecule has 2 aliphatic heterocycles. The van der Waals surface area contributed by atoms with E-state index in [1.54, 1.807) is 12.0 Å². The standard InChI is InChI=1S/C20H30N2O2/c1-15-12-16(2)14-22(13-15)17-8-10-21(11-9-17)20(23)18-6-4-5-7-19(18)24-3/h4-7,15-17H,8-14H2,1-3H3/p+1/t15-,16+. The van der Waals surface area contributed by atoms with E-state index in [1.807, 2.05) is 29.2 Å². The average molecular weight is 331 g/mol. The van der Waals surface area contributed by atoms with Crippen LogP contribution in [0, 0.1) is 11.8 Å². The zero-order valence-electron chi connectivity index (χ0n) is 15.3. The second kappa shape index (κ2) is 7.56. The molecule has 1 aromatic carbocycles. The highest BCUT2D eigenvalue weighted by molar-refractivity contribution is 5.97. The SMILES string of the molecule is COc1ccccc1C(=O)N1CCC([NH+]2C[C@H](C)C[C@H](C)C2)CC1. The quantitative estimate of drug-likeness (QED) is 0.917. The molecule has 1 N–H and O–H groups in total. The summed E-state index contributed by atoms with van der Waals surface area (Å²) in [6, 6.07) is 8.26. The number of amides is 1. The van der Waals surface area contributed by atoms with Crippen LogP contribution in [0.15, 0.2) is 24.3 Å². The highest BCUT2D eigenvalue weighted by atomic mass is 16.5. The van der Waals surface area contributed by atoms with Gasteiger partial charge in [0, 0.05) is 37.8 Å². The van der Waals surface area contributed by atoms with Gasteiger partial charge in [0.25, 0.3) is 5.91 Å². The minimum atomic E-state index is 0.112. The summed E-state index contributed by atoms with van der Waals surface area (Å²) in [4.78, 5) is 16.6. The maximum Gasteiger partial charge on any atom is 0.257 e. The number of nitrogens with one attached hydrogen (secondary N) is 1. The van der Waals surface area contributed by atoms with Crippen LogP contribution in [-0.2, 0) is 0 Å². The molecule has 0 bridgehead atoms. The number of likely N-dealkylation sites (tertiary alicyclic amines) is 2. The number of methoxy groups -OCH3 is 1. The molecule has 0 radical (unpaired) electrons. The Labute approximate surface area is 145 Å². The van der Waals surface area contributed by atoms with Gasteiger partial charge < -0.3 is 14.5 Å². The molecule has 3 rings (SSSR count). The van der Waals surface area contributed by atoms with Crippen molar-refractivity contribution in [2.24, 2.45) is 11.8 Å². The highest BCUT2D eigenvalue weighted by Crippen LogP contribution is 2.22. The predicted octanol–water partition coefficient (Wildman–Crippen LogP) is 1.86. The zero-order valence-corrected chi connectivity index (χ0v) is 15.3. The molecule has 1 amide bonds. The largest absolute Gasteiger partial charge is 0.496 e. The third-order valence-corrected chi connectivity index (χ3v) is 5.72. The third-order valence-electron chi connectivity index (χ3n) is 5.72. The number of hydrogen-bond acceptors (Lipinski definition) is 2. The summed E-state index contributed by atoms with van der Waals surface area (Å²) in [6.07, 6.45) is 3.61. The summed E-state index contributed by atoms with van der Waals surface area (Å²) >= 11 is 0. The van der Waals surface area contributed by atoms with Gasteiger partial charge in [-0.3, -0.25) is 4.79 Å². The number of piperidine rings is 2. The first-order valence-corrected chi connectivity index (χ1v) is 9.35. The second-order valence-corrected chi connectivity index (χ2v) is 7.78. The van der Waals surface area contributed by atoms with Crippen molar-refractivity contribution in [3.05, 3.63) is 29.8 Å². The Bertz CT molecular complexity index is 557. The number of benzene rings is 1. The summed E-state index contributed by atoms with van der Waals surface area (Å²) in [7, 11) is 1.63. The Balaban J connectivity index is 1.59. The first-order chi connectivity index (χ1) is 11.6. The van der Waals surface area contributed by atoms with E-state index in [0.29, 0.717) is 11.3 Å². The fourth-order valence-corrected chi connectivity index (χ4v) is 4.65. The monoisotopic (exact) mass is 331 g/mol. The molecule has 4 heteroatoms. The van der Waals surface area contributed by atoms with Gasteiger partial charge >= 0.3 is 0 Å². The first kappa shape index (κ1) is 17.3. The van der Waals surface area contributed by atoms with Gasteiger partial charge in [-0.15, -0.1) is 0 Å². The number of rotatable bonds is 3. The van der Waals surface area contributed by atoms with Gasteiger partial charge in [0.2, 0.25) is 0 Å². The molecule has 2 fully saturated rings. The topological polar surface area (TPSA) is 34.0 Å². The van der Waals surface area contributed by atoms with Crippen LogP contribution in [0.3, 0.4) is 0 Å². The van der Waals surface area contributed by atoms with E-state index >= 15 is 0 Å². The lowest BCUT2D eigenvalue weighted by atomic mass is 9.89. The van der Waals surface area contributed by atoms with Crippen LogP contribution in [-0.4, -0.2) is 50.1 Å². The van der Waals surface area contributed by atoms with E-state index in [2.05, 4.69) is 13.8 Å². The van der Waals surface area contributed by atoms with E-state index in [0.717, 1.165) is 43.8 Å². The van der Waals surface area contributed by atoms with E-state index in [-0.39, 0.29) is 5.91 Å². The van der Waals surface area contributed by atoms with Crippen molar-refractivity contribution in [1.82, 2.24) is 4.90 Å². The molecule has 0 spiro atoms. The summed E-state index contributed by atoms with van der Waals surface area (Å²) in [5.41, 5.74) is 0.686. The van der Waals surface area contributed by atoms with Crippen LogP contribution in [0.25, 0.3) is 0 Å². The Kier molecular flexibility index (Phi) is 5.44. The molecule has 132 valence electrons. The lowest BCUT2D eigenvalue weighted by Crippen LogP contribution is -3.18. The van der Waals surface area contributed by atoms with Crippen LogP contribution < -0.4 is 9.64 Å². The molecule has 1 unspecified atom stereocenters. The van der Waals surface area contributed by atoms with Crippen molar-refractivity contribution < 1.29 is 14.4 Å². The smallest absolute Gasteiger partial charge is 0.257 e. The lowest BCUT2D eigenvalue weighted by molar-refractivity contribution is -0.938. The van der Waals surface area contributed by atoms with Crippen molar-refractivity contribution >= 4 is 5.91 Å². The second-order valence-electron chi connectivity index (χ2n) is 7.78. The molecular formula is C20H31N2O2+. The predicted molar refractivity (Wildman–Crippen MR) is 95.6 cm³/mol. The number of hydrogen-bond donors (Lipinski definition) is 1. The molecule has 2 heterocycles. The van der Waals surface area contributed by atoms with Gasteiger partial charge in [0.15, 0.2) is 0 Å². The minimum absolute atomic E-state index is 0.112.